The summed E-state index contributed by atoms with van der Waals surface area (Å²) in [5, 5.41) is 13.5. The van der Waals surface area contributed by atoms with Gasteiger partial charge < -0.3 is 10.3 Å². The fraction of sp³-hybridized carbons (Fsp3) is 0. The maximum absolute atomic E-state index is 12.3. The molecular formula is C21H13N3O3. The van der Waals surface area contributed by atoms with Gasteiger partial charge in [0.25, 0.3) is 11.6 Å². The first kappa shape index (κ1) is 16.4. The van der Waals surface area contributed by atoms with Crippen molar-refractivity contribution in [2.24, 2.45) is 0 Å². The number of hydrogen-bond acceptors (Lipinski definition) is 3. The standard InChI is InChI=1S/C21H13N3O3/c25-21-19(13-16-2-1-11-22-16)18-12-15(7-10-20(18)23-21)4-3-14-5-8-17(9-6-14)24(26)27/h1-2,5-13,22H,(H,23,25). The van der Waals surface area contributed by atoms with Crippen molar-refractivity contribution in [1.29, 1.82) is 0 Å². The van der Waals surface area contributed by atoms with Crippen LogP contribution in [0.2, 0.25) is 0 Å². The number of nitro benzene ring substituents is 1. The molecule has 6 heteroatoms. The number of nitro groups is 1. The van der Waals surface area contributed by atoms with Crippen molar-refractivity contribution in [1.82, 2.24) is 4.98 Å². The average Bonchev–Trinajstić information content (AvgIpc) is 3.29. The molecule has 4 rings (SSSR count). The van der Waals surface area contributed by atoms with Gasteiger partial charge in [0.2, 0.25) is 0 Å². The highest BCUT2D eigenvalue weighted by molar-refractivity contribution is 6.34. The van der Waals surface area contributed by atoms with Crippen molar-refractivity contribution < 1.29 is 9.72 Å². The minimum atomic E-state index is -0.445. The van der Waals surface area contributed by atoms with E-state index in [2.05, 4.69) is 22.1 Å². The number of carbonyl (C=O) groups excluding carboxylic acids is 1. The summed E-state index contributed by atoms with van der Waals surface area (Å²) in [7, 11) is 0. The molecule has 1 aromatic heterocycles. The highest BCUT2D eigenvalue weighted by Crippen LogP contribution is 2.33. The van der Waals surface area contributed by atoms with Crippen LogP contribution >= 0.6 is 0 Å². The fourth-order valence-electron chi connectivity index (χ4n) is 2.81. The number of fused-ring (bicyclic) bond motifs is 1. The van der Waals surface area contributed by atoms with Crippen LogP contribution < -0.4 is 5.32 Å². The summed E-state index contributed by atoms with van der Waals surface area (Å²) in [6, 6.07) is 15.3. The van der Waals surface area contributed by atoms with Crippen molar-refractivity contribution in [3.8, 4) is 11.8 Å². The Balaban J connectivity index is 1.65. The third kappa shape index (κ3) is 3.34. The van der Waals surface area contributed by atoms with Gasteiger partial charge in [0, 0.05) is 46.4 Å². The van der Waals surface area contributed by atoms with E-state index in [4.69, 9.17) is 0 Å². The molecule has 0 fully saturated rings. The SMILES string of the molecule is O=C1Nc2ccc(C#Cc3ccc([N+](=O)[O-])cc3)cc2C1=Cc1ccc[nH]1. The normalized spacial score (nSPS) is 13.6. The van der Waals surface area contributed by atoms with E-state index in [0.29, 0.717) is 11.1 Å². The zero-order valence-corrected chi connectivity index (χ0v) is 14.0. The van der Waals surface area contributed by atoms with Crippen LogP contribution in [0.15, 0.2) is 60.8 Å². The molecular weight excluding hydrogens is 342 g/mol. The lowest BCUT2D eigenvalue weighted by molar-refractivity contribution is -0.384. The largest absolute Gasteiger partial charge is 0.362 e. The van der Waals surface area contributed by atoms with Crippen molar-refractivity contribution in [2.75, 3.05) is 5.32 Å². The number of amides is 1. The highest BCUT2D eigenvalue weighted by atomic mass is 16.6. The monoisotopic (exact) mass is 355 g/mol. The molecule has 1 aliphatic rings. The maximum Gasteiger partial charge on any atom is 0.269 e. The third-order valence-corrected chi connectivity index (χ3v) is 4.15. The lowest BCUT2D eigenvalue weighted by atomic mass is 10.0. The van der Waals surface area contributed by atoms with Crippen LogP contribution in [-0.4, -0.2) is 15.8 Å². The van der Waals surface area contributed by atoms with Crippen LogP contribution in [0.3, 0.4) is 0 Å². The summed E-state index contributed by atoms with van der Waals surface area (Å²) in [6.45, 7) is 0. The Morgan fingerprint density at radius 2 is 1.74 bits per heavy atom. The van der Waals surface area contributed by atoms with Gasteiger partial charge in [-0.25, -0.2) is 0 Å². The number of carbonyl (C=O) groups is 1. The van der Waals surface area contributed by atoms with Crippen LogP contribution in [0.5, 0.6) is 0 Å². The fourth-order valence-corrected chi connectivity index (χ4v) is 2.81. The number of non-ortho nitro benzene ring substituents is 1. The topological polar surface area (TPSA) is 88.0 Å². The maximum atomic E-state index is 12.3. The first-order chi connectivity index (χ1) is 13.1. The number of aromatic nitrogens is 1. The van der Waals surface area contributed by atoms with E-state index in [1.807, 2.05) is 30.3 Å². The van der Waals surface area contributed by atoms with E-state index in [1.165, 1.54) is 12.1 Å². The quantitative estimate of drug-likeness (QED) is 0.317. The summed E-state index contributed by atoms with van der Waals surface area (Å²) < 4.78 is 0. The minimum Gasteiger partial charge on any atom is -0.362 e. The van der Waals surface area contributed by atoms with Gasteiger partial charge in [0.1, 0.15) is 0 Å². The molecule has 27 heavy (non-hydrogen) atoms. The second-order valence-electron chi connectivity index (χ2n) is 5.95. The van der Waals surface area contributed by atoms with Crippen molar-refractivity contribution in [3.05, 3.63) is 93.3 Å². The molecule has 1 aliphatic heterocycles. The predicted molar refractivity (Wildman–Crippen MR) is 103 cm³/mol. The van der Waals surface area contributed by atoms with Gasteiger partial charge in [-0.1, -0.05) is 11.8 Å². The van der Waals surface area contributed by atoms with Crippen LogP contribution in [0, 0.1) is 22.0 Å². The number of H-pyrrole nitrogens is 1. The van der Waals surface area contributed by atoms with Gasteiger partial charge >= 0.3 is 0 Å². The third-order valence-electron chi connectivity index (χ3n) is 4.15. The number of anilines is 1. The zero-order chi connectivity index (χ0) is 18.8. The molecule has 0 bridgehead atoms. The summed E-state index contributed by atoms with van der Waals surface area (Å²) in [4.78, 5) is 25.6. The van der Waals surface area contributed by atoms with E-state index in [1.54, 1.807) is 24.4 Å². The van der Waals surface area contributed by atoms with Crippen molar-refractivity contribution in [3.63, 3.8) is 0 Å². The van der Waals surface area contributed by atoms with Crippen molar-refractivity contribution >= 4 is 28.9 Å². The van der Waals surface area contributed by atoms with E-state index in [0.717, 1.165) is 22.5 Å². The predicted octanol–water partition coefficient (Wildman–Crippen LogP) is 3.82. The number of rotatable bonds is 2. The molecule has 0 spiro atoms. The van der Waals surface area contributed by atoms with E-state index >= 15 is 0 Å². The molecule has 0 saturated heterocycles. The Morgan fingerprint density at radius 1 is 1.00 bits per heavy atom. The van der Waals surface area contributed by atoms with Gasteiger partial charge in [0.05, 0.1) is 10.5 Å². The zero-order valence-electron chi connectivity index (χ0n) is 14.0. The number of aromatic amines is 1. The molecule has 2 heterocycles. The molecule has 0 radical (unpaired) electrons. The van der Waals surface area contributed by atoms with E-state index < -0.39 is 4.92 Å². The van der Waals surface area contributed by atoms with Gasteiger partial charge in [-0.3, -0.25) is 14.9 Å². The van der Waals surface area contributed by atoms with E-state index in [9.17, 15) is 14.9 Å². The Labute approximate surface area is 154 Å². The number of hydrogen-bond donors (Lipinski definition) is 2. The van der Waals surface area contributed by atoms with Gasteiger partial charge in [0.15, 0.2) is 0 Å². The number of benzene rings is 2. The Kier molecular flexibility index (Phi) is 4.03. The molecule has 0 saturated carbocycles. The van der Waals surface area contributed by atoms with Crippen LogP contribution in [0.4, 0.5) is 11.4 Å². The smallest absolute Gasteiger partial charge is 0.269 e. The second-order valence-corrected chi connectivity index (χ2v) is 5.95. The van der Waals surface area contributed by atoms with Gasteiger partial charge in [-0.05, 0) is 48.5 Å². The molecule has 2 aromatic carbocycles. The first-order valence-corrected chi connectivity index (χ1v) is 8.17. The number of nitrogens with zero attached hydrogens (tertiary/aromatic N) is 1. The number of nitrogens with one attached hydrogen (secondary N) is 2. The molecule has 3 aromatic rings. The first-order valence-electron chi connectivity index (χ1n) is 8.17. The van der Waals surface area contributed by atoms with Crippen molar-refractivity contribution in [2.45, 2.75) is 0 Å². The highest BCUT2D eigenvalue weighted by Gasteiger charge is 2.24. The summed E-state index contributed by atoms with van der Waals surface area (Å²) in [5.74, 6) is 5.87. The molecule has 0 aliphatic carbocycles. The molecule has 0 unspecified atom stereocenters. The van der Waals surface area contributed by atoms with Crippen LogP contribution in [0.1, 0.15) is 22.4 Å². The molecule has 6 nitrogen and oxygen atoms in total. The Morgan fingerprint density at radius 3 is 2.44 bits per heavy atom. The summed E-state index contributed by atoms with van der Waals surface area (Å²) >= 11 is 0. The van der Waals surface area contributed by atoms with Gasteiger partial charge in [-0.2, -0.15) is 0 Å². The molecule has 1 amide bonds. The molecule has 130 valence electrons. The lowest BCUT2D eigenvalue weighted by Gasteiger charge is -1.99. The van der Waals surface area contributed by atoms with E-state index in [-0.39, 0.29) is 11.6 Å². The lowest BCUT2D eigenvalue weighted by Crippen LogP contribution is -2.03. The Bertz CT molecular complexity index is 1130. The average molecular weight is 355 g/mol. The summed E-state index contributed by atoms with van der Waals surface area (Å²) in [6.07, 6.45) is 3.60. The Hall–Kier alpha value is -4.11. The van der Waals surface area contributed by atoms with Crippen LogP contribution in [0.25, 0.3) is 11.6 Å². The molecule has 0 atom stereocenters. The van der Waals surface area contributed by atoms with Crippen LogP contribution in [-0.2, 0) is 4.79 Å². The summed E-state index contributed by atoms with van der Waals surface area (Å²) in [5.41, 5.74) is 4.42. The minimum absolute atomic E-state index is 0.0294. The molecule has 2 N–H and O–H groups in total. The van der Waals surface area contributed by atoms with Gasteiger partial charge in [-0.15, -0.1) is 0 Å². The second kappa shape index (κ2) is 6.65.